The Hall–Kier alpha value is -2.26. The van der Waals surface area contributed by atoms with Crippen LogP contribution in [0.25, 0.3) is 0 Å². The number of halogens is 1. The molecule has 2 rings (SSSR count). The molecule has 9 heteroatoms. The van der Waals surface area contributed by atoms with Gasteiger partial charge in [-0.15, -0.1) is 0 Å². The van der Waals surface area contributed by atoms with Gasteiger partial charge in [0.15, 0.2) is 9.84 Å². The van der Waals surface area contributed by atoms with Gasteiger partial charge >= 0.3 is 0 Å². The molecule has 0 radical (unpaired) electrons. The molecule has 0 aliphatic carbocycles. The van der Waals surface area contributed by atoms with E-state index in [0.29, 0.717) is 0 Å². The third kappa shape index (κ3) is 4.64. The van der Waals surface area contributed by atoms with Crippen molar-refractivity contribution in [2.45, 2.75) is 11.4 Å². The molecular formula is C16H15BrN2O5S. The van der Waals surface area contributed by atoms with Gasteiger partial charge in [-0.2, -0.15) is 0 Å². The van der Waals surface area contributed by atoms with E-state index in [2.05, 4.69) is 15.9 Å². The highest BCUT2D eigenvalue weighted by Crippen LogP contribution is 2.23. The number of benzene rings is 2. The number of nitro groups is 1. The summed E-state index contributed by atoms with van der Waals surface area (Å²) in [4.78, 5) is 24.0. The third-order valence-corrected chi connectivity index (χ3v) is 5.35. The average Bonchev–Trinajstić information content (AvgIpc) is 2.54. The zero-order chi connectivity index (χ0) is 18.8. The highest BCUT2D eigenvalue weighted by molar-refractivity contribution is 9.10. The van der Waals surface area contributed by atoms with E-state index in [1.807, 2.05) is 24.3 Å². The Morgan fingerprint density at radius 1 is 1.24 bits per heavy atom. The summed E-state index contributed by atoms with van der Waals surface area (Å²) in [5.74, 6) is -0.510. The Labute approximate surface area is 153 Å². The number of carbonyl (C=O) groups excluding carboxylic acids is 1. The lowest BCUT2D eigenvalue weighted by Crippen LogP contribution is -2.26. The van der Waals surface area contributed by atoms with Gasteiger partial charge in [0.1, 0.15) is 0 Å². The second-order valence-electron chi connectivity index (χ2n) is 5.50. The largest absolute Gasteiger partial charge is 0.337 e. The molecule has 0 aliphatic rings. The molecule has 0 saturated carbocycles. The second kappa shape index (κ2) is 7.32. The first-order valence-corrected chi connectivity index (χ1v) is 9.76. The number of nitro benzene ring substituents is 1. The molecule has 0 heterocycles. The van der Waals surface area contributed by atoms with Crippen LogP contribution in [0.5, 0.6) is 0 Å². The molecule has 2 aromatic carbocycles. The number of sulfone groups is 1. The van der Waals surface area contributed by atoms with Crippen molar-refractivity contribution < 1.29 is 18.1 Å². The van der Waals surface area contributed by atoms with E-state index in [-0.39, 0.29) is 17.0 Å². The van der Waals surface area contributed by atoms with Gasteiger partial charge in [-0.25, -0.2) is 8.42 Å². The molecule has 0 fully saturated rings. The molecule has 0 atom stereocenters. The lowest BCUT2D eigenvalue weighted by atomic mass is 10.1. The van der Waals surface area contributed by atoms with Crippen LogP contribution in [0, 0.1) is 10.1 Å². The SMILES string of the molecule is CN(Cc1ccccc1Br)C(=O)c1cc([N+](=O)[O-])cc(S(C)(=O)=O)c1. The molecule has 0 unspecified atom stereocenters. The standard InChI is InChI=1S/C16H15BrN2O5S/c1-18(10-11-5-3-4-6-15(11)17)16(20)12-7-13(19(21)22)9-14(8-12)25(2,23)24/h3-9H,10H2,1-2H3. The number of non-ortho nitro benzene ring substituents is 1. The molecule has 25 heavy (non-hydrogen) atoms. The van der Waals surface area contributed by atoms with Crippen LogP contribution >= 0.6 is 15.9 Å². The van der Waals surface area contributed by atoms with Crippen LogP contribution < -0.4 is 0 Å². The van der Waals surface area contributed by atoms with Crippen molar-refractivity contribution in [3.8, 4) is 0 Å². The fourth-order valence-corrected chi connectivity index (χ4v) is 3.29. The van der Waals surface area contributed by atoms with Gasteiger partial charge < -0.3 is 4.90 Å². The lowest BCUT2D eigenvalue weighted by Gasteiger charge is -2.18. The first-order chi connectivity index (χ1) is 11.6. The van der Waals surface area contributed by atoms with E-state index < -0.39 is 26.4 Å². The molecule has 0 aromatic heterocycles. The minimum Gasteiger partial charge on any atom is -0.337 e. The predicted molar refractivity (Wildman–Crippen MR) is 96.1 cm³/mol. The first kappa shape index (κ1) is 19.1. The summed E-state index contributed by atoms with van der Waals surface area (Å²) >= 11 is 3.39. The lowest BCUT2D eigenvalue weighted by molar-refractivity contribution is -0.385. The van der Waals surface area contributed by atoms with Crippen LogP contribution in [-0.4, -0.2) is 37.5 Å². The summed E-state index contributed by atoms with van der Waals surface area (Å²) in [6.07, 6.45) is 0.936. The van der Waals surface area contributed by atoms with E-state index in [4.69, 9.17) is 0 Å². The van der Waals surface area contributed by atoms with Crippen molar-refractivity contribution in [2.24, 2.45) is 0 Å². The normalized spacial score (nSPS) is 11.2. The molecule has 7 nitrogen and oxygen atoms in total. The zero-order valence-corrected chi connectivity index (χ0v) is 15.9. The van der Waals surface area contributed by atoms with Crippen LogP contribution in [-0.2, 0) is 16.4 Å². The van der Waals surface area contributed by atoms with Crippen LogP contribution in [0.3, 0.4) is 0 Å². The Morgan fingerprint density at radius 3 is 2.44 bits per heavy atom. The Kier molecular flexibility index (Phi) is 5.58. The summed E-state index contributed by atoms with van der Waals surface area (Å²) in [5.41, 5.74) is 0.358. The van der Waals surface area contributed by atoms with E-state index in [1.54, 1.807) is 7.05 Å². The summed E-state index contributed by atoms with van der Waals surface area (Å²) < 4.78 is 24.3. The predicted octanol–water partition coefficient (Wildman–Crippen LogP) is 3.03. The van der Waals surface area contributed by atoms with Crippen molar-refractivity contribution in [3.05, 3.63) is 68.2 Å². The molecule has 132 valence electrons. The highest BCUT2D eigenvalue weighted by Gasteiger charge is 2.21. The van der Waals surface area contributed by atoms with Gasteiger partial charge in [-0.05, 0) is 17.7 Å². The van der Waals surface area contributed by atoms with Crippen molar-refractivity contribution in [2.75, 3.05) is 13.3 Å². The van der Waals surface area contributed by atoms with E-state index >= 15 is 0 Å². The third-order valence-electron chi connectivity index (χ3n) is 3.49. The number of amides is 1. The minimum atomic E-state index is -3.69. The summed E-state index contributed by atoms with van der Waals surface area (Å²) in [6, 6.07) is 10.5. The van der Waals surface area contributed by atoms with Crippen molar-refractivity contribution in [1.29, 1.82) is 0 Å². The molecular weight excluding hydrogens is 412 g/mol. The van der Waals surface area contributed by atoms with Crippen LogP contribution in [0.2, 0.25) is 0 Å². The van der Waals surface area contributed by atoms with Gasteiger partial charge in [-0.1, -0.05) is 34.1 Å². The molecule has 0 saturated heterocycles. The van der Waals surface area contributed by atoms with E-state index in [1.165, 1.54) is 4.90 Å². The Bertz CT molecular complexity index is 943. The fraction of sp³-hybridized carbons (Fsp3) is 0.188. The van der Waals surface area contributed by atoms with E-state index in [0.717, 1.165) is 34.5 Å². The topological polar surface area (TPSA) is 97.6 Å². The maximum atomic E-state index is 12.6. The van der Waals surface area contributed by atoms with Gasteiger partial charge in [0, 0.05) is 42.0 Å². The van der Waals surface area contributed by atoms with Gasteiger partial charge in [0.25, 0.3) is 11.6 Å². The fourth-order valence-electron chi connectivity index (χ4n) is 2.20. The first-order valence-electron chi connectivity index (χ1n) is 7.08. The number of hydrogen-bond donors (Lipinski definition) is 0. The molecule has 0 bridgehead atoms. The molecule has 1 amide bonds. The number of hydrogen-bond acceptors (Lipinski definition) is 5. The molecule has 0 N–H and O–H groups in total. The smallest absolute Gasteiger partial charge is 0.271 e. The maximum Gasteiger partial charge on any atom is 0.271 e. The highest BCUT2D eigenvalue weighted by atomic mass is 79.9. The van der Waals surface area contributed by atoms with Crippen LogP contribution in [0.15, 0.2) is 51.8 Å². The number of nitrogens with zero attached hydrogens (tertiary/aromatic N) is 2. The van der Waals surface area contributed by atoms with Crippen molar-refractivity contribution in [1.82, 2.24) is 4.90 Å². The maximum absolute atomic E-state index is 12.6. The van der Waals surface area contributed by atoms with E-state index in [9.17, 15) is 23.3 Å². The average molecular weight is 427 g/mol. The minimum absolute atomic E-state index is 0.0517. The van der Waals surface area contributed by atoms with Crippen LogP contribution in [0.4, 0.5) is 5.69 Å². The number of rotatable bonds is 5. The zero-order valence-electron chi connectivity index (χ0n) is 13.5. The van der Waals surface area contributed by atoms with Crippen molar-refractivity contribution >= 4 is 37.4 Å². The van der Waals surface area contributed by atoms with Gasteiger partial charge in [0.2, 0.25) is 0 Å². The summed E-state index contributed by atoms with van der Waals surface area (Å²) in [5, 5.41) is 11.0. The second-order valence-corrected chi connectivity index (χ2v) is 8.37. The quantitative estimate of drug-likeness (QED) is 0.540. The molecule has 0 spiro atoms. The van der Waals surface area contributed by atoms with Crippen molar-refractivity contribution in [3.63, 3.8) is 0 Å². The van der Waals surface area contributed by atoms with Crippen LogP contribution in [0.1, 0.15) is 15.9 Å². The Balaban J connectivity index is 2.39. The molecule has 2 aromatic rings. The molecule has 0 aliphatic heterocycles. The summed E-state index contributed by atoms with van der Waals surface area (Å²) in [6.45, 7) is 0.261. The monoisotopic (exact) mass is 426 g/mol. The summed E-state index contributed by atoms with van der Waals surface area (Å²) in [7, 11) is -2.15. The van der Waals surface area contributed by atoms with Gasteiger partial charge in [0.05, 0.1) is 9.82 Å². The van der Waals surface area contributed by atoms with Gasteiger partial charge in [-0.3, -0.25) is 14.9 Å². The number of carbonyl (C=O) groups is 1. The Morgan fingerprint density at radius 2 is 1.88 bits per heavy atom.